The summed E-state index contributed by atoms with van der Waals surface area (Å²) in [6.45, 7) is 1.76. The molecule has 3 rings (SSSR count). The van der Waals surface area contributed by atoms with Crippen LogP contribution in [0.15, 0.2) is 24.3 Å². The van der Waals surface area contributed by atoms with E-state index in [1.807, 2.05) is 23.1 Å². The molecule has 0 bridgehead atoms. The fourth-order valence-corrected chi connectivity index (χ4v) is 3.42. The number of nitrogens with zero attached hydrogens (tertiary/aromatic N) is 2. The maximum atomic E-state index is 12.6. The summed E-state index contributed by atoms with van der Waals surface area (Å²) in [6, 6.07) is 7.09. The van der Waals surface area contributed by atoms with Gasteiger partial charge in [0.1, 0.15) is 0 Å². The molecule has 1 amide bonds. The number of carboxylic acids is 1. The monoisotopic (exact) mass is 344 g/mol. The van der Waals surface area contributed by atoms with Crippen LogP contribution in [0.1, 0.15) is 12.8 Å². The first kappa shape index (κ1) is 17.1. The van der Waals surface area contributed by atoms with Crippen molar-refractivity contribution in [3.63, 3.8) is 0 Å². The molecule has 22 heavy (non-hydrogen) atoms. The molecule has 0 radical (unpaired) electrons. The lowest BCUT2D eigenvalue weighted by atomic mass is 10.1. The number of hydrogen-bond acceptors (Lipinski definition) is 3. The van der Waals surface area contributed by atoms with Crippen LogP contribution in [0, 0.1) is 5.92 Å². The van der Waals surface area contributed by atoms with Crippen molar-refractivity contribution >= 4 is 41.6 Å². The summed E-state index contributed by atoms with van der Waals surface area (Å²) in [4.78, 5) is 27.3. The third-order valence-electron chi connectivity index (χ3n) is 4.33. The highest BCUT2D eigenvalue weighted by molar-refractivity contribution is 6.33. The molecule has 1 aromatic carbocycles. The average Bonchev–Trinajstić information content (AvgIpc) is 3.06. The summed E-state index contributed by atoms with van der Waals surface area (Å²) in [5.41, 5.74) is 0.737. The molecule has 2 saturated heterocycles. The molecule has 0 spiro atoms. The first-order chi connectivity index (χ1) is 10.1. The number of carbonyl (C=O) groups is 2. The summed E-state index contributed by atoms with van der Waals surface area (Å²) < 4.78 is 0. The van der Waals surface area contributed by atoms with Gasteiger partial charge in [0.25, 0.3) is 0 Å². The van der Waals surface area contributed by atoms with E-state index in [2.05, 4.69) is 0 Å². The molecule has 1 N–H and O–H groups in total. The predicted octanol–water partition coefficient (Wildman–Crippen LogP) is 2.27. The van der Waals surface area contributed by atoms with Gasteiger partial charge in [-0.2, -0.15) is 0 Å². The quantitative estimate of drug-likeness (QED) is 0.913. The van der Waals surface area contributed by atoms with Gasteiger partial charge >= 0.3 is 5.97 Å². The maximum absolute atomic E-state index is 12.6. The number of anilines is 1. The highest BCUT2D eigenvalue weighted by atomic mass is 35.5. The largest absolute Gasteiger partial charge is 0.481 e. The number of para-hydroxylation sites is 1. The van der Waals surface area contributed by atoms with Crippen molar-refractivity contribution in [2.24, 2.45) is 5.92 Å². The molecular weight excluding hydrogens is 327 g/mol. The number of halogens is 2. The summed E-state index contributed by atoms with van der Waals surface area (Å²) in [5, 5.41) is 9.63. The minimum absolute atomic E-state index is 0. The Morgan fingerprint density at radius 3 is 2.59 bits per heavy atom. The summed E-state index contributed by atoms with van der Waals surface area (Å²) >= 11 is 6.16. The molecule has 2 aliphatic rings. The molecule has 2 heterocycles. The molecule has 2 unspecified atom stereocenters. The number of amides is 1. The molecule has 0 aliphatic carbocycles. The smallest absolute Gasteiger partial charge is 0.307 e. The minimum Gasteiger partial charge on any atom is -0.481 e. The number of likely N-dealkylation sites (tertiary alicyclic amines) is 1. The number of aliphatic carboxylic acids is 1. The molecule has 1 aromatic rings. The van der Waals surface area contributed by atoms with Crippen molar-refractivity contribution < 1.29 is 14.7 Å². The minimum atomic E-state index is -0.772. The van der Waals surface area contributed by atoms with Gasteiger partial charge in [-0.25, -0.2) is 0 Å². The lowest BCUT2D eigenvalue weighted by Crippen LogP contribution is -2.41. The SMILES string of the molecule is Cl.O=C(O)C1CCN(C2CCN(c3ccccc3Cl)C2=O)C1. The van der Waals surface area contributed by atoms with Gasteiger partial charge in [-0.15, -0.1) is 12.4 Å². The van der Waals surface area contributed by atoms with Crippen molar-refractivity contribution in [1.82, 2.24) is 4.90 Å². The number of benzene rings is 1. The molecule has 7 heteroatoms. The van der Waals surface area contributed by atoms with E-state index in [4.69, 9.17) is 16.7 Å². The summed E-state index contributed by atoms with van der Waals surface area (Å²) in [7, 11) is 0. The van der Waals surface area contributed by atoms with Crippen LogP contribution < -0.4 is 4.90 Å². The van der Waals surface area contributed by atoms with Crippen LogP contribution in [0.25, 0.3) is 0 Å². The molecule has 0 saturated carbocycles. The number of carboxylic acid groups (broad SMARTS) is 1. The zero-order valence-electron chi connectivity index (χ0n) is 11.9. The topological polar surface area (TPSA) is 60.9 Å². The maximum Gasteiger partial charge on any atom is 0.307 e. The fourth-order valence-electron chi connectivity index (χ4n) is 3.19. The highest BCUT2D eigenvalue weighted by Gasteiger charge is 2.41. The Hall–Kier alpha value is -1.30. The zero-order valence-corrected chi connectivity index (χ0v) is 13.5. The van der Waals surface area contributed by atoms with E-state index < -0.39 is 5.97 Å². The van der Waals surface area contributed by atoms with E-state index in [0.717, 1.165) is 12.1 Å². The number of hydrogen-bond donors (Lipinski definition) is 1. The van der Waals surface area contributed by atoms with Crippen LogP contribution >= 0.6 is 24.0 Å². The van der Waals surface area contributed by atoms with Crippen LogP contribution in [0.2, 0.25) is 5.02 Å². The first-order valence-corrected chi connectivity index (χ1v) is 7.48. The number of carbonyl (C=O) groups excluding carboxylic acids is 1. The van der Waals surface area contributed by atoms with Crippen LogP contribution in [0.4, 0.5) is 5.69 Å². The normalized spacial score (nSPS) is 25.3. The van der Waals surface area contributed by atoms with E-state index in [1.165, 1.54) is 0 Å². The van der Waals surface area contributed by atoms with E-state index in [1.54, 1.807) is 11.0 Å². The Labute approximate surface area is 140 Å². The Morgan fingerprint density at radius 1 is 1.23 bits per heavy atom. The zero-order chi connectivity index (χ0) is 15.0. The van der Waals surface area contributed by atoms with E-state index in [9.17, 15) is 9.59 Å². The first-order valence-electron chi connectivity index (χ1n) is 7.10. The lowest BCUT2D eigenvalue weighted by molar-refractivity contribution is -0.141. The molecule has 2 fully saturated rings. The van der Waals surface area contributed by atoms with Crippen molar-refractivity contribution in [2.45, 2.75) is 18.9 Å². The van der Waals surface area contributed by atoms with Gasteiger partial charge in [0.2, 0.25) is 5.91 Å². The van der Waals surface area contributed by atoms with Crippen molar-refractivity contribution in [2.75, 3.05) is 24.5 Å². The molecule has 2 aliphatic heterocycles. The second-order valence-electron chi connectivity index (χ2n) is 5.56. The highest BCUT2D eigenvalue weighted by Crippen LogP contribution is 2.32. The predicted molar refractivity (Wildman–Crippen MR) is 86.8 cm³/mol. The van der Waals surface area contributed by atoms with Crippen LogP contribution in [-0.4, -0.2) is 47.6 Å². The second-order valence-corrected chi connectivity index (χ2v) is 5.97. The van der Waals surface area contributed by atoms with Crippen molar-refractivity contribution in [1.29, 1.82) is 0 Å². The molecular formula is C15H18Cl2N2O3. The van der Waals surface area contributed by atoms with Crippen LogP contribution in [0.3, 0.4) is 0 Å². The molecule has 120 valence electrons. The Balaban J connectivity index is 0.00000176. The third-order valence-corrected chi connectivity index (χ3v) is 4.65. The van der Waals surface area contributed by atoms with Gasteiger partial charge in [0.05, 0.1) is 22.7 Å². The standard InChI is InChI=1S/C15H17ClN2O3.ClH/c16-11-3-1-2-4-12(11)18-8-6-13(14(18)19)17-7-5-10(9-17)15(20)21;/h1-4,10,13H,5-9H2,(H,20,21);1H. The van der Waals surface area contributed by atoms with Gasteiger partial charge < -0.3 is 10.0 Å². The van der Waals surface area contributed by atoms with E-state index >= 15 is 0 Å². The Bertz CT molecular complexity index is 582. The van der Waals surface area contributed by atoms with Gasteiger partial charge in [-0.1, -0.05) is 23.7 Å². The fraction of sp³-hybridized carbons (Fsp3) is 0.467. The third kappa shape index (κ3) is 3.07. The molecule has 5 nitrogen and oxygen atoms in total. The van der Waals surface area contributed by atoms with Crippen molar-refractivity contribution in [3.8, 4) is 0 Å². The number of rotatable bonds is 3. The van der Waals surface area contributed by atoms with Crippen LogP contribution in [0.5, 0.6) is 0 Å². The van der Waals surface area contributed by atoms with Crippen molar-refractivity contribution in [3.05, 3.63) is 29.3 Å². The summed E-state index contributed by atoms with van der Waals surface area (Å²) in [6.07, 6.45) is 1.33. The lowest BCUT2D eigenvalue weighted by Gasteiger charge is -2.23. The van der Waals surface area contributed by atoms with Gasteiger partial charge in [0.15, 0.2) is 0 Å². The molecule has 2 atom stereocenters. The van der Waals surface area contributed by atoms with Gasteiger partial charge in [-0.3, -0.25) is 14.5 Å². The average molecular weight is 345 g/mol. The van der Waals surface area contributed by atoms with Gasteiger partial charge in [0, 0.05) is 13.1 Å². The van der Waals surface area contributed by atoms with E-state index in [-0.39, 0.29) is 30.3 Å². The Morgan fingerprint density at radius 2 is 1.95 bits per heavy atom. The second kappa shape index (κ2) is 6.86. The van der Waals surface area contributed by atoms with E-state index in [0.29, 0.717) is 31.1 Å². The summed E-state index contributed by atoms with van der Waals surface area (Å²) in [5.74, 6) is -1.10. The Kier molecular flexibility index (Phi) is 5.32. The molecule has 0 aromatic heterocycles. The van der Waals surface area contributed by atoms with Gasteiger partial charge in [-0.05, 0) is 31.5 Å². The van der Waals surface area contributed by atoms with Crippen LogP contribution in [-0.2, 0) is 9.59 Å².